The number of hydrogen-bond acceptors (Lipinski definition) is 3. The predicted molar refractivity (Wildman–Crippen MR) is 90.2 cm³/mol. The van der Waals surface area contributed by atoms with Crippen LogP contribution < -0.4 is 16.0 Å². The number of halogens is 1. The Morgan fingerprint density at radius 1 is 1.41 bits per heavy atom. The highest BCUT2D eigenvalue weighted by molar-refractivity contribution is 6.00. The largest absolute Gasteiger partial charge is 0.344 e. The van der Waals surface area contributed by atoms with Crippen LogP contribution in [0.25, 0.3) is 0 Å². The first-order chi connectivity index (χ1) is 10.0. The van der Waals surface area contributed by atoms with Crippen molar-refractivity contribution in [2.75, 3.05) is 18.0 Å². The number of anilines is 1. The summed E-state index contributed by atoms with van der Waals surface area (Å²) in [6.07, 6.45) is 1.56. The molecule has 0 bridgehead atoms. The number of nitrogens with one attached hydrogen (secondary N) is 1. The van der Waals surface area contributed by atoms with E-state index in [1.165, 1.54) is 0 Å². The standard InChI is InChI=1S/C16H23N3O2.ClH/c1-11-5-7-13(8-6-11)19-9-3-4-14(16(19)21)18-15(20)12(2)10-17;/h5-8,12,14H,3-4,9-10,17H2,1-2H3,(H,18,20);1H. The van der Waals surface area contributed by atoms with Gasteiger partial charge in [0.05, 0.1) is 0 Å². The molecule has 0 aromatic heterocycles. The summed E-state index contributed by atoms with van der Waals surface area (Å²) >= 11 is 0. The second-order valence-corrected chi connectivity index (χ2v) is 5.67. The highest BCUT2D eigenvalue weighted by Gasteiger charge is 2.31. The Balaban J connectivity index is 0.00000242. The minimum Gasteiger partial charge on any atom is -0.344 e. The molecule has 0 aliphatic carbocycles. The monoisotopic (exact) mass is 325 g/mol. The van der Waals surface area contributed by atoms with Crippen LogP contribution in [0.2, 0.25) is 0 Å². The van der Waals surface area contributed by atoms with Crippen LogP contribution in [0, 0.1) is 12.8 Å². The Kier molecular flexibility index (Phi) is 6.84. The lowest BCUT2D eigenvalue weighted by Gasteiger charge is -2.33. The topological polar surface area (TPSA) is 75.4 Å². The van der Waals surface area contributed by atoms with E-state index in [1.807, 2.05) is 31.2 Å². The number of rotatable bonds is 4. The summed E-state index contributed by atoms with van der Waals surface area (Å²) in [6.45, 7) is 4.76. The number of piperidine rings is 1. The smallest absolute Gasteiger partial charge is 0.249 e. The highest BCUT2D eigenvalue weighted by atomic mass is 35.5. The van der Waals surface area contributed by atoms with Crippen LogP contribution in [-0.4, -0.2) is 30.9 Å². The molecule has 1 aromatic carbocycles. The number of hydrogen-bond donors (Lipinski definition) is 2. The third kappa shape index (κ3) is 4.21. The number of nitrogens with zero attached hydrogens (tertiary/aromatic N) is 1. The van der Waals surface area contributed by atoms with Crippen molar-refractivity contribution in [3.63, 3.8) is 0 Å². The normalized spacial score (nSPS) is 19.3. The molecular weight excluding hydrogens is 302 g/mol. The van der Waals surface area contributed by atoms with E-state index in [0.29, 0.717) is 13.0 Å². The van der Waals surface area contributed by atoms with Crippen LogP contribution in [0.15, 0.2) is 24.3 Å². The number of aryl methyl sites for hydroxylation is 1. The van der Waals surface area contributed by atoms with E-state index in [2.05, 4.69) is 5.32 Å². The van der Waals surface area contributed by atoms with Crippen molar-refractivity contribution >= 4 is 29.9 Å². The maximum absolute atomic E-state index is 12.5. The van der Waals surface area contributed by atoms with Gasteiger partial charge in [-0.1, -0.05) is 24.6 Å². The molecule has 22 heavy (non-hydrogen) atoms. The van der Waals surface area contributed by atoms with E-state index in [9.17, 15) is 9.59 Å². The molecule has 1 aromatic rings. The first-order valence-electron chi connectivity index (χ1n) is 7.41. The summed E-state index contributed by atoms with van der Waals surface area (Å²) in [5.41, 5.74) is 7.53. The molecule has 0 radical (unpaired) electrons. The zero-order valence-corrected chi connectivity index (χ0v) is 13.9. The third-order valence-electron chi connectivity index (χ3n) is 3.90. The maximum Gasteiger partial charge on any atom is 0.249 e. The Bertz CT molecular complexity index is 519. The number of carbonyl (C=O) groups is 2. The Labute approximate surface area is 137 Å². The minimum absolute atomic E-state index is 0. The van der Waals surface area contributed by atoms with Crippen molar-refractivity contribution in [2.24, 2.45) is 11.7 Å². The van der Waals surface area contributed by atoms with Gasteiger partial charge in [-0.2, -0.15) is 0 Å². The molecule has 1 fully saturated rings. The fourth-order valence-electron chi connectivity index (χ4n) is 2.41. The Morgan fingerprint density at radius 3 is 2.64 bits per heavy atom. The van der Waals surface area contributed by atoms with Crippen LogP contribution in [0.3, 0.4) is 0 Å². The number of carbonyl (C=O) groups excluding carboxylic acids is 2. The molecule has 1 saturated heterocycles. The van der Waals surface area contributed by atoms with Crippen molar-refractivity contribution < 1.29 is 9.59 Å². The summed E-state index contributed by atoms with van der Waals surface area (Å²) in [6, 6.07) is 7.42. The molecule has 0 spiro atoms. The Morgan fingerprint density at radius 2 is 2.05 bits per heavy atom. The first kappa shape index (κ1) is 18.5. The average Bonchev–Trinajstić information content (AvgIpc) is 2.49. The molecule has 2 rings (SSSR count). The molecule has 2 atom stereocenters. The molecule has 122 valence electrons. The van der Waals surface area contributed by atoms with Gasteiger partial charge in [-0.05, 0) is 31.9 Å². The molecule has 1 aliphatic rings. The van der Waals surface area contributed by atoms with Crippen molar-refractivity contribution in [3.05, 3.63) is 29.8 Å². The number of benzene rings is 1. The van der Waals surface area contributed by atoms with E-state index in [0.717, 1.165) is 17.7 Å². The molecule has 1 aliphatic heterocycles. The number of nitrogens with two attached hydrogens (primary N) is 1. The summed E-state index contributed by atoms with van der Waals surface area (Å²) < 4.78 is 0. The second kappa shape index (κ2) is 8.15. The SMILES string of the molecule is Cc1ccc(N2CCCC(NC(=O)C(C)CN)C2=O)cc1.Cl. The third-order valence-corrected chi connectivity index (χ3v) is 3.90. The molecule has 2 amide bonds. The van der Waals surface area contributed by atoms with E-state index in [1.54, 1.807) is 11.8 Å². The molecule has 2 unspecified atom stereocenters. The lowest BCUT2D eigenvalue weighted by Crippen LogP contribution is -2.53. The molecule has 3 N–H and O–H groups in total. The van der Waals surface area contributed by atoms with Crippen LogP contribution in [-0.2, 0) is 9.59 Å². The van der Waals surface area contributed by atoms with Gasteiger partial charge in [-0.15, -0.1) is 12.4 Å². The fourth-order valence-corrected chi connectivity index (χ4v) is 2.41. The lowest BCUT2D eigenvalue weighted by molar-refractivity contribution is -0.130. The van der Waals surface area contributed by atoms with Crippen LogP contribution >= 0.6 is 12.4 Å². The lowest BCUT2D eigenvalue weighted by atomic mass is 10.0. The van der Waals surface area contributed by atoms with Gasteiger partial charge in [0, 0.05) is 24.7 Å². The predicted octanol–water partition coefficient (Wildman–Crippen LogP) is 1.62. The van der Waals surface area contributed by atoms with Gasteiger partial charge in [0.2, 0.25) is 11.8 Å². The molecule has 5 nitrogen and oxygen atoms in total. The second-order valence-electron chi connectivity index (χ2n) is 5.67. The van der Waals surface area contributed by atoms with Gasteiger partial charge in [0.15, 0.2) is 0 Å². The van der Waals surface area contributed by atoms with Crippen LogP contribution in [0.4, 0.5) is 5.69 Å². The van der Waals surface area contributed by atoms with Gasteiger partial charge >= 0.3 is 0 Å². The molecule has 0 saturated carbocycles. The van der Waals surface area contributed by atoms with Crippen LogP contribution in [0.5, 0.6) is 0 Å². The van der Waals surface area contributed by atoms with E-state index in [4.69, 9.17) is 5.73 Å². The van der Waals surface area contributed by atoms with Gasteiger partial charge in [-0.3, -0.25) is 9.59 Å². The minimum atomic E-state index is -0.443. The van der Waals surface area contributed by atoms with Crippen molar-refractivity contribution in [1.29, 1.82) is 0 Å². The number of amides is 2. The van der Waals surface area contributed by atoms with Gasteiger partial charge < -0.3 is 16.0 Å². The maximum atomic E-state index is 12.5. The van der Waals surface area contributed by atoms with E-state index >= 15 is 0 Å². The summed E-state index contributed by atoms with van der Waals surface area (Å²) in [4.78, 5) is 26.2. The van der Waals surface area contributed by atoms with Crippen molar-refractivity contribution in [2.45, 2.75) is 32.7 Å². The summed E-state index contributed by atoms with van der Waals surface area (Å²) in [5.74, 6) is -0.461. The summed E-state index contributed by atoms with van der Waals surface area (Å²) in [5, 5.41) is 2.82. The van der Waals surface area contributed by atoms with Crippen molar-refractivity contribution in [1.82, 2.24) is 5.32 Å². The fraction of sp³-hybridized carbons (Fsp3) is 0.500. The zero-order valence-electron chi connectivity index (χ0n) is 13.0. The molecule has 1 heterocycles. The zero-order chi connectivity index (χ0) is 15.4. The Hall–Kier alpha value is -1.59. The van der Waals surface area contributed by atoms with Gasteiger partial charge in [0.25, 0.3) is 0 Å². The van der Waals surface area contributed by atoms with Crippen LogP contribution in [0.1, 0.15) is 25.3 Å². The first-order valence-corrected chi connectivity index (χ1v) is 7.41. The van der Waals surface area contributed by atoms with Crippen molar-refractivity contribution in [3.8, 4) is 0 Å². The van der Waals surface area contributed by atoms with Gasteiger partial charge in [0.1, 0.15) is 6.04 Å². The summed E-state index contributed by atoms with van der Waals surface area (Å²) in [7, 11) is 0. The molecule has 6 heteroatoms. The quantitative estimate of drug-likeness (QED) is 0.883. The molecular formula is C16H24ClN3O2. The van der Waals surface area contributed by atoms with Gasteiger partial charge in [-0.25, -0.2) is 0 Å². The average molecular weight is 326 g/mol. The highest BCUT2D eigenvalue weighted by Crippen LogP contribution is 2.21. The van der Waals surface area contributed by atoms with E-state index in [-0.39, 0.29) is 36.7 Å². The van der Waals surface area contributed by atoms with E-state index < -0.39 is 6.04 Å².